The third kappa shape index (κ3) is 2.26. The van der Waals surface area contributed by atoms with Gasteiger partial charge in [-0.3, -0.25) is 4.98 Å². The summed E-state index contributed by atoms with van der Waals surface area (Å²) in [6.07, 6.45) is 5.04. The van der Waals surface area contributed by atoms with Gasteiger partial charge in [0.05, 0.1) is 18.1 Å². The van der Waals surface area contributed by atoms with Gasteiger partial charge in [0.15, 0.2) is 11.6 Å². The Morgan fingerprint density at radius 2 is 2.12 bits per heavy atom. The molecule has 0 spiro atoms. The number of nitrogens with one attached hydrogen (secondary N) is 1. The molecule has 0 radical (unpaired) electrons. The molecule has 0 aromatic carbocycles. The maximum Gasteiger partial charge on any atom is 0.174 e. The van der Waals surface area contributed by atoms with Crippen LogP contribution in [-0.4, -0.2) is 19.7 Å². The molecule has 0 unspecified atom stereocenters. The second-order valence-electron chi connectivity index (χ2n) is 3.65. The minimum absolute atomic E-state index is 0.526. The molecule has 0 saturated heterocycles. The number of aryl methyl sites for hydroxylation is 2. The van der Waals surface area contributed by atoms with E-state index in [0.29, 0.717) is 11.6 Å². The van der Waals surface area contributed by atoms with Crippen LogP contribution in [0.3, 0.4) is 0 Å². The Kier molecular flexibility index (Phi) is 3.34. The van der Waals surface area contributed by atoms with Gasteiger partial charge in [0.1, 0.15) is 0 Å². The fourth-order valence-corrected chi connectivity index (χ4v) is 1.63. The van der Waals surface area contributed by atoms with E-state index in [1.807, 2.05) is 4.68 Å². The molecule has 2 heterocycles. The van der Waals surface area contributed by atoms with Crippen molar-refractivity contribution in [3.63, 3.8) is 0 Å². The summed E-state index contributed by atoms with van der Waals surface area (Å²) < 4.78 is 1.81. The highest BCUT2D eigenvalue weighted by Gasteiger charge is 2.09. The highest BCUT2D eigenvalue weighted by atomic mass is 15.3. The second-order valence-corrected chi connectivity index (χ2v) is 3.65. The first-order chi connectivity index (χ1) is 8.28. The van der Waals surface area contributed by atoms with Crippen molar-refractivity contribution in [2.45, 2.75) is 26.7 Å². The molecule has 0 saturated carbocycles. The van der Waals surface area contributed by atoms with Gasteiger partial charge in [0.25, 0.3) is 0 Å². The first-order valence-electron chi connectivity index (χ1n) is 5.65. The van der Waals surface area contributed by atoms with E-state index in [-0.39, 0.29) is 0 Å². The Hall–Kier alpha value is -1.95. The van der Waals surface area contributed by atoms with E-state index in [1.54, 1.807) is 12.4 Å². The van der Waals surface area contributed by atoms with Crippen LogP contribution in [0, 0.1) is 0 Å². The molecule has 17 heavy (non-hydrogen) atoms. The van der Waals surface area contributed by atoms with Gasteiger partial charge in [-0.2, -0.15) is 5.10 Å². The lowest BCUT2D eigenvalue weighted by Crippen LogP contribution is -2.11. The second kappa shape index (κ2) is 4.92. The molecule has 2 aromatic heterocycles. The third-order valence-corrected chi connectivity index (χ3v) is 2.54. The van der Waals surface area contributed by atoms with Crippen LogP contribution in [0.5, 0.6) is 0 Å². The van der Waals surface area contributed by atoms with E-state index in [9.17, 15) is 0 Å². The lowest BCUT2D eigenvalue weighted by Gasteiger charge is -2.05. The van der Waals surface area contributed by atoms with Gasteiger partial charge < -0.3 is 5.43 Å². The Morgan fingerprint density at radius 1 is 1.29 bits per heavy atom. The Morgan fingerprint density at radius 3 is 2.76 bits per heavy atom. The maximum absolute atomic E-state index is 5.32. The highest BCUT2D eigenvalue weighted by Crippen LogP contribution is 2.12. The molecule has 0 aliphatic carbocycles. The van der Waals surface area contributed by atoms with Crippen LogP contribution in [0.15, 0.2) is 18.5 Å². The van der Waals surface area contributed by atoms with E-state index < -0.39 is 0 Å². The summed E-state index contributed by atoms with van der Waals surface area (Å²) in [6, 6.07) is 2.09. The van der Waals surface area contributed by atoms with Crippen molar-refractivity contribution in [2.24, 2.45) is 5.84 Å². The zero-order valence-electron chi connectivity index (χ0n) is 10.0. The highest BCUT2D eigenvalue weighted by molar-refractivity contribution is 5.35. The Balaban J connectivity index is 2.47. The van der Waals surface area contributed by atoms with E-state index in [4.69, 9.17) is 5.84 Å². The van der Waals surface area contributed by atoms with Gasteiger partial charge in [-0.1, -0.05) is 13.8 Å². The molecule has 0 atom stereocenters. The van der Waals surface area contributed by atoms with Crippen LogP contribution in [0.25, 0.3) is 5.82 Å². The molecule has 6 nitrogen and oxygen atoms in total. The lowest BCUT2D eigenvalue weighted by atomic mass is 10.3. The molecule has 6 heteroatoms. The van der Waals surface area contributed by atoms with Gasteiger partial charge >= 0.3 is 0 Å². The largest absolute Gasteiger partial charge is 0.307 e. The van der Waals surface area contributed by atoms with Crippen molar-refractivity contribution >= 4 is 5.82 Å². The molecule has 0 bridgehead atoms. The van der Waals surface area contributed by atoms with Crippen molar-refractivity contribution < 1.29 is 0 Å². The van der Waals surface area contributed by atoms with Crippen LogP contribution >= 0.6 is 0 Å². The number of hydrogen-bond acceptors (Lipinski definition) is 5. The first-order valence-corrected chi connectivity index (χ1v) is 5.65. The van der Waals surface area contributed by atoms with E-state index in [0.717, 1.165) is 24.2 Å². The van der Waals surface area contributed by atoms with Gasteiger partial charge in [0, 0.05) is 5.69 Å². The van der Waals surface area contributed by atoms with Crippen LogP contribution in [-0.2, 0) is 12.8 Å². The van der Waals surface area contributed by atoms with Crippen LogP contribution in [0.4, 0.5) is 5.82 Å². The van der Waals surface area contributed by atoms with Gasteiger partial charge in [-0.05, 0) is 18.9 Å². The average Bonchev–Trinajstić information content (AvgIpc) is 2.82. The van der Waals surface area contributed by atoms with Gasteiger partial charge in [-0.25, -0.2) is 15.5 Å². The number of hydrogen-bond donors (Lipinski definition) is 2. The minimum Gasteiger partial charge on any atom is -0.307 e. The number of anilines is 1. The summed E-state index contributed by atoms with van der Waals surface area (Å²) in [6.45, 7) is 4.17. The normalized spacial score (nSPS) is 10.5. The summed E-state index contributed by atoms with van der Waals surface area (Å²) in [5.74, 6) is 6.52. The molecule has 0 aliphatic heterocycles. The van der Waals surface area contributed by atoms with Crippen LogP contribution in [0.2, 0.25) is 0 Å². The maximum atomic E-state index is 5.32. The van der Waals surface area contributed by atoms with Crippen LogP contribution in [0.1, 0.15) is 25.2 Å². The fourth-order valence-electron chi connectivity index (χ4n) is 1.63. The van der Waals surface area contributed by atoms with Gasteiger partial charge in [0.2, 0.25) is 0 Å². The fraction of sp³-hybridized carbons (Fsp3) is 0.364. The van der Waals surface area contributed by atoms with E-state index in [2.05, 4.69) is 40.4 Å². The topological polar surface area (TPSA) is 81.7 Å². The zero-order chi connectivity index (χ0) is 12.3. The third-order valence-electron chi connectivity index (χ3n) is 2.54. The summed E-state index contributed by atoms with van der Waals surface area (Å²) in [4.78, 5) is 8.40. The molecule has 0 aliphatic rings. The first kappa shape index (κ1) is 11.5. The zero-order valence-corrected chi connectivity index (χ0v) is 10.0. The van der Waals surface area contributed by atoms with Crippen molar-refractivity contribution in [3.8, 4) is 5.82 Å². The van der Waals surface area contributed by atoms with E-state index >= 15 is 0 Å². The van der Waals surface area contributed by atoms with Crippen molar-refractivity contribution in [2.75, 3.05) is 5.43 Å². The molecule has 90 valence electrons. The summed E-state index contributed by atoms with van der Waals surface area (Å²) >= 11 is 0. The van der Waals surface area contributed by atoms with E-state index in [1.165, 1.54) is 0 Å². The molecule has 2 rings (SSSR count). The molecule has 2 aromatic rings. The number of rotatable bonds is 4. The molecular weight excluding hydrogens is 216 g/mol. The Labute approximate surface area is 99.9 Å². The summed E-state index contributed by atoms with van der Waals surface area (Å²) in [5, 5.41) is 4.49. The predicted molar refractivity (Wildman–Crippen MR) is 65.7 cm³/mol. The number of nitrogens with zero attached hydrogens (tertiary/aromatic N) is 4. The lowest BCUT2D eigenvalue weighted by molar-refractivity contribution is 0.767. The number of nitrogens with two attached hydrogens (primary N) is 1. The quantitative estimate of drug-likeness (QED) is 0.608. The average molecular weight is 232 g/mol. The number of nitrogen functional groups attached to an aromatic ring is 1. The Bertz CT molecular complexity index is 504. The SMILES string of the molecule is CCc1cc(CC)n(-c2cncc(NN)n2)n1. The standard InChI is InChI=1S/C11H16N6/c1-3-8-5-9(4-2)17(16-8)11-7-13-6-10(14-11)15-12/h5-7H,3-4,12H2,1-2H3,(H,14,15). The van der Waals surface area contributed by atoms with Crippen molar-refractivity contribution in [1.29, 1.82) is 0 Å². The monoisotopic (exact) mass is 232 g/mol. The molecule has 0 amide bonds. The number of hydrazine groups is 1. The summed E-state index contributed by atoms with van der Waals surface area (Å²) in [7, 11) is 0. The smallest absolute Gasteiger partial charge is 0.174 e. The van der Waals surface area contributed by atoms with Crippen molar-refractivity contribution in [1.82, 2.24) is 19.7 Å². The summed E-state index contributed by atoms with van der Waals surface area (Å²) in [5.41, 5.74) is 4.65. The number of aromatic nitrogens is 4. The molecule has 3 N–H and O–H groups in total. The molecule has 0 fully saturated rings. The predicted octanol–water partition coefficient (Wildman–Crippen LogP) is 1.07. The van der Waals surface area contributed by atoms with Gasteiger partial charge in [-0.15, -0.1) is 0 Å². The molecular formula is C11H16N6. The van der Waals surface area contributed by atoms with Crippen molar-refractivity contribution in [3.05, 3.63) is 29.8 Å². The van der Waals surface area contributed by atoms with Crippen LogP contribution < -0.4 is 11.3 Å². The minimum atomic E-state index is 0.526.